The topological polar surface area (TPSA) is 41.5 Å². The standard InChI is InChI=1S/C11H10N2O/c14-11-9-6-8(9)10(12-13-11)7-4-2-1-3-5-7/h1-5,8-9H,6H2,(H,13,14)/t8-,9+/m0/s1. The molecule has 1 saturated carbocycles. The summed E-state index contributed by atoms with van der Waals surface area (Å²) < 4.78 is 0. The molecule has 1 N–H and O–H groups in total. The first-order valence-electron chi connectivity index (χ1n) is 4.79. The molecule has 1 amide bonds. The van der Waals surface area contributed by atoms with E-state index in [1.54, 1.807) is 0 Å². The second-order valence-electron chi connectivity index (χ2n) is 3.79. The third kappa shape index (κ3) is 1.05. The number of hydrogen-bond acceptors (Lipinski definition) is 2. The van der Waals surface area contributed by atoms with E-state index in [1.165, 1.54) is 0 Å². The first kappa shape index (κ1) is 7.74. The highest BCUT2D eigenvalue weighted by Gasteiger charge is 2.49. The van der Waals surface area contributed by atoms with E-state index in [2.05, 4.69) is 10.5 Å². The van der Waals surface area contributed by atoms with Gasteiger partial charge < -0.3 is 0 Å². The van der Waals surface area contributed by atoms with E-state index in [-0.39, 0.29) is 11.8 Å². The number of amides is 1. The van der Waals surface area contributed by atoms with Crippen molar-refractivity contribution in [2.45, 2.75) is 6.42 Å². The van der Waals surface area contributed by atoms with E-state index >= 15 is 0 Å². The molecular formula is C11H10N2O. The van der Waals surface area contributed by atoms with Crippen LogP contribution in [0.2, 0.25) is 0 Å². The van der Waals surface area contributed by atoms with Crippen LogP contribution in [0, 0.1) is 11.8 Å². The summed E-state index contributed by atoms with van der Waals surface area (Å²) in [4.78, 5) is 11.2. The van der Waals surface area contributed by atoms with Gasteiger partial charge in [0.05, 0.1) is 5.71 Å². The summed E-state index contributed by atoms with van der Waals surface area (Å²) in [6.45, 7) is 0. The number of carbonyl (C=O) groups excluding carboxylic acids is 1. The Morgan fingerprint density at radius 2 is 2.00 bits per heavy atom. The average molecular weight is 186 g/mol. The highest BCUT2D eigenvalue weighted by molar-refractivity contribution is 6.09. The van der Waals surface area contributed by atoms with Crippen LogP contribution in [0.1, 0.15) is 12.0 Å². The van der Waals surface area contributed by atoms with E-state index < -0.39 is 0 Å². The number of hydrogen-bond donors (Lipinski definition) is 1. The average Bonchev–Trinajstić information content (AvgIpc) is 3.00. The summed E-state index contributed by atoms with van der Waals surface area (Å²) in [5, 5.41) is 4.12. The second-order valence-corrected chi connectivity index (χ2v) is 3.79. The molecule has 70 valence electrons. The number of benzene rings is 1. The van der Waals surface area contributed by atoms with Crippen molar-refractivity contribution >= 4 is 11.6 Å². The second kappa shape index (κ2) is 2.67. The number of fused-ring (bicyclic) bond motifs is 1. The van der Waals surface area contributed by atoms with Gasteiger partial charge in [0.25, 0.3) is 0 Å². The molecule has 1 aromatic carbocycles. The summed E-state index contributed by atoms with van der Waals surface area (Å²) >= 11 is 0. The lowest BCUT2D eigenvalue weighted by molar-refractivity contribution is -0.122. The lowest BCUT2D eigenvalue weighted by Gasteiger charge is -2.10. The molecule has 1 fully saturated rings. The first-order chi connectivity index (χ1) is 6.86. The van der Waals surface area contributed by atoms with Crippen LogP contribution in [-0.2, 0) is 4.79 Å². The Labute approximate surface area is 81.8 Å². The fraction of sp³-hybridized carbons (Fsp3) is 0.273. The van der Waals surface area contributed by atoms with Gasteiger partial charge in [-0.3, -0.25) is 4.79 Å². The number of rotatable bonds is 1. The van der Waals surface area contributed by atoms with Gasteiger partial charge in [-0.1, -0.05) is 30.3 Å². The molecule has 14 heavy (non-hydrogen) atoms. The van der Waals surface area contributed by atoms with Gasteiger partial charge in [0, 0.05) is 11.8 Å². The minimum Gasteiger partial charge on any atom is -0.273 e. The number of nitrogens with one attached hydrogen (secondary N) is 1. The zero-order chi connectivity index (χ0) is 9.54. The van der Waals surface area contributed by atoms with Gasteiger partial charge in [0.2, 0.25) is 5.91 Å². The van der Waals surface area contributed by atoms with E-state index in [4.69, 9.17) is 0 Å². The molecule has 3 heteroatoms. The lowest BCUT2D eigenvalue weighted by Crippen LogP contribution is -2.28. The van der Waals surface area contributed by atoms with Crippen LogP contribution in [0.25, 0.3) is 0 Å². The van der Waals surface area contributed by atoms with Crippen molar-refractivity contribution in [2.24, 2.45) is 16.9 Å². The lowest BCUT2D eigenvalue weighted by atomic mass is 10.0. The number of carbonyl (C=O) groups is 1. The van der Waals surface area contributed by atoms with E-state index in [0.29, 0.717) is 5.92 Å². The van der Waals surface area contributed by atoms with Crippen LogP contribution in [0.4, 0.5) is 0 Å². The summed E-state index contributed by atoms with van der Waals surface area (Å²) in [6.07, 6.45) is 0.958. The van der Waals surface area contributed by atoms with Crippen LogP contribution in [-0.4, -0.2) is 11.6 Å². The largest absolute Gasteiger partial charge is 0.273 e. The fourth-order valence-corrected chi connectivity index (χ4v) is 1.96. The summed E-state index contributed by atoms with van der Waals surface area (Å²) in [5.74, 6) is 0.628. The van der Waals surface area contributed by atoms with Crippen molar-refractivity contribution in [1.82, 2.24) is 5.43 Å². The third-order valence-electron chi connectivity index (χ3n) is 2.83. The van der Waals surface area contributed by atoms with Gasteiger partial charge in [-0.05, 0) is 12.0 Å². The third-order valence-corrected chi connectivity index (χ3v) is 2.83. The molecule has 0 aromatic heterocycles. The Balaban J connectivity index is 1.97. The zero-order valence-electron chi connectivity index (χ0n) is 7.60. The molecule has 1 aromatic rings. The molecule has 0 bridgehead atoms. The Bertz CT molecular complexity index is 411. The van der Waals surface area contributed by atoms with Crippen LogP contribution in [0.3, 0.4) is 0 Å². The van der Waals surface area contributed by atoms with Gasteiger partial charge in [-0.25, -0.2) is 5.43 Å². The van der Waals surface area contributed by atoms with Crippen molar-refractivity contribution < 1.29 is 4.79 Å². The maximum absolute atomic E-state index is 11.2. The Morgan fingerprint density at radius 1 is 1.21 bits per heavy atom. The summed E-state index contributed by atoms with van der Waals surface area (Å²) in [5.41, 5.74) is 4.73. The summed E-state index contributed by atoms with van der Waals surface area (Å²) in [7, 11) is 0. The molecule has 2 aliphatic rings. The maximum atomic E-state index is 11.2. The Kier molecular flexibility index (Phi) is 1.48. The van der Waals surface area contributed by atoms with Gasteiger partial charge in [-0.2, -0.15) is 5.10 Å². The Morgan fingerprint density at radius 3 is 2.79 bits per heavy atom. The van der Waals surface area contributed by atoms with Crippen LogP contribution in [0.5, 0.6) is 0 Å². The molecule has 1 aliphatic carbocycles. The highest BCUT2D eigenvalue weighted by atomic mass is 16.2. The van der Waals surface area contributed by atoms with Crippen molar-refractivity contribution in [1.29, 1.82) is 0 Å². The summed E-state index contributed by atoms with van der Waals surface area (Å²) in [6, 6.07) is 10.0. The van der Waals surface area contributed by atoms with Crippen molar-refractivity contribution in [2.75, 3.05) is 0 Å². The molecule has 0 unspecified atom stereocenters. The highest BCUT2D eigenvalue weighted by Crippen LogP contribution is 2.43. The van der Waals surface area contributed by atoms with Crippen molar-refractivity contribution in [3.8, 4) is 0 Å². The number of hydrazone groups is 1. The van der Waals surface area contributed by atoms with Gasteiger partial charge >= 0.3 is 0 Å². The predicted molar refractivity (Wildman–Crippen MR) is 52.7 cm³/mol. The van der Waals surface area contributed by atoms with E-state index in [0.717, 1.165) is 17.7 Å². The molecule has 3 nitrogen and oxygen atoms in total. The minimum atomic E-state index is 0.0784. The molecule has 0 spiro atoms. The Hall–Kier alpha value is -1.64. The monoisotopic (exact) mass is 186 g/mol. The molecule has 0 radical (unpaired) electrons. The molecule has 2 atom stereocenters. The van der Waals surface area contributed by atoms with Crippen molar-refractivity contribution in [3.63, 3.8) is 0 Å². The van der Waals surface area contributed by atoms with Gasteiger partial charge in [-0.15, -0.1) is 0 Å². The van der Waals surface area contributed by atoms with Crippen LogP contribution >= 0.6 is 0 Å². The first-order valence-corrected chi connectivity index (χ1v) is 4.79. The van der Waals surface area contributed by atoms with Crippen LogP contribution in [0.15, 0.2) is 35.4 Å². The van der Waals surface area contributed by atoms with Crippen molar-refractivity contribution in [3.05, 3.63) is 35.9 Å². The van der Waals surface area contributed by atoms with Gasteiger partial charge in [0.15, 0.2) is 0 Å². The molecule has 1 aliphatic heterocycles. The molecule has 1 heterocycles. The maximum Gasteiger partial charge on any atom is 0.243 e. The molecule has 0 saturated heterocycles. The van der Waals surface area contributed by atoms with E-state index in [9.17, 15) is 4.79 Å². The SMILES string of the molecule is O=C1NN=C(c2ccccc2)[C@H]2C[C@@H]12. The minimum absolute atomic E-state index is 0.0784. The quantitative estimate of drug-likeness (QED) is 0.702. The molecular weight excluding hydrogens is 176 g/mol. The van der Waals surface area contributed by atoms with Crippen LogP contribution < -0.4 is 5.43 Å². The fourth-order valence-electron chi connectivity index (χ4n) is 1.96. The zero-order valence-corrected chi connectivity index (χ0v) is 7.60. The normalized spacial score (nSPS) is 28.9. The van der Waals surface area contributed by atoms with Gasteiger partial charge in [0.1, 0.15) is 0 Å². The van der Waals surface area contributed by atoms with E-state index in [1.807, 2.05) is 30.3 Å². The smallest absolute Gasteiger partial charge is 0.243 e. The number of nitrogens with zero attached hydrogens (tertiary/aromatic N) is 1. The predicted octanol–water partition coefficient (Wildman–Crippen LogP) is 1.16. The molecule has 3 rings (SSSR count).